The molecule has 0 heterocycles. The number of sulfone groups is 1. The van der Waals surface area contributed by atoms with Crippen LogP contribution < -0.4 is 5.32 Å². The standard InChI is InChI=1S/C16H23N3O6S/c1-10(2)18(11(3)4)15(20)9-17-16(21)12-6-7-14(26(5,24)25)13(8-12)19(22)23/h6-8,10-11H,9H2,1-5H3,(H,17,21). The number of nitrogens with zero attached hydrogens (tertiary/aromatic N) is 2. The second-order valence-corrected chi connectivity index (χ2v) is 8.37. The zero-order valence-corrected chi connectivity index (χ0v) is 16.2. The Kier molecular flexibility index (Phi) is 6.85. The lowest BCUT2D eigenvalue weighted by atomic mass is 10.2. The average molecular weight is 385 g/mol. The first-order chi connectivity index (χ1) is 11.9. The van der Waals surface area contributed by atoms with Crippen LogP contribution in [-0.4, -0.2) is 54.9 Å². The highest BCUT2D eigenvalue weighted by Crippen LogP contribution is 2.24. The number of nitrogens with one attached hydrogen (secondary N) is 1. The molecule has 0 atom stereocenters. The summed E-state index contributed by atoms with van der Waals surface area (Å²) in [4.78, 5) is 35.8. The zero-order chi connectivity index (χ0) is 20.2. The number of carbonyl (C=O) groups excluding carboxylic acids is 2. The number of amides is 2. The van der Waals surface area contributed by atoms with Crippen molar-refractivity contribution in [3.8, 4) is 0 Å². The van der Waals surface area contributed by atoms with Crippen LogP contribution in [-0.2, 0) is 14.6 Å². The lowest BCUT2D eigenvalue weighted by Crippen LogP contribution is -2.47. The lowest BCUT2D eigenvalue weighted by Gasteiger charge is -2.30. The molecule has 10 heteroatoms. The van der Waals surface area contributed by atoms with Crippen LogP contribution in [0.15, 0.2) is 23.1 Å². The molecule has 1 rings (SSSR count). The molecular weight excluding hydrogens is 362 g/mol. The van der Waals surface area contributed by atoms with Crippen molar-refractivity contribution >= 4 is 27.3 Å². The monoisotopic (exact) mass is 385 g/mol. The van der Waals surface area contributed by atoms with E-state index in [1.54, 1.807) is 4.90 Å². The Morgan fingerprint density at radius 3 is 2.15 bits per heavy atom. The van der Waals surface area contributed by atoms with Gasteiger partial charge in [0.2, 0.25) is 5.91 Å². The molecule has 0 aliphatic heterocycles. The minimum atomic E-state index is -3.81. The molecule has 0 saturated carbocycles. The molecule has 0 spiro atoms. The summed E-state index contributed by atoms with van der Waals surface area (Å²) < 4.78 is 23.2. The number of benzene rings is 1. The van der Waals surface area contributed by atoms with Crippen LogP contribution in [0.4, 0.5) is 5.69 Å². The molecule has 2 amide bonds. The van der Waals surface area contributed by atoms with E-state index >= 15 is 0 Å². The van der Waals surface area contributed by atoms with Crippen molar-refractivity contribution in [3.63, 3.8) is 0 Å². The van der Waals surface area contributed by atoms with E-state index in [1.807, 2.05) is 27.7 Å². The molecule has 0 unspecified atom stereocenters. The first-order valence-corrected chi connectivity index (χ1v) is 9.83. The van der Waals surface area contributed by atoms with E-state index in [0.717, 1.165) is 18.4 Å². The van der Waals surface area contributed by atoms with Gasteiger partial charge < -0.3 is 10.2 Å². The molecule has 1 aromatic rings. The molecule has 26 heavy (non-hydrogen) atoms. The molecule has 0 saturated heterocycles. The van der Waals surface area contributed by atoms with E-state index < -0.39 is 31.3 Å². The quantitative estimate of drug-likeness (QED) is 0.558. The van der Waals surface area contributed by atoms with Crippen molar-refractivity contribution in [2.45, 2.75) is 44.7 Å². The van der Waals surface area contributed by atoms with E-state index in [9.17, 15) is 28.1 Å². The predicted octanol–water partition coefficient (Wildman–Crippen LogP) is 1.37. The van der Waals surface area contributed by atoms with Gasteiger partial charge >= 0.3 is 0 Å². The van der Waals surface area contributed by atoms with Crippen LogP contribution in [0.5, 0.6) is 0 Å². The summed E-state index contributed by atoms with van der Waals surface area (Å²) in [5.74, 6) is -0.987. The molecule has 9 nitrogen and oxygen atoms in total. The molecule has 0 fully saturated rings. The van der Waals surface area contributed by atoms with Gasteiger partial charge in [0.05, 0.1) is 11.5 Å². The van der Waals surface area contributed by atoms with E-state index in [-0.39, 0.29) is 30.1 Å². The summed E-state index contributed by atoms with van der Waals surface area (Å²) in [6, 6.07) is 2.98. The maximum Gasteiger partial charge on any atom is 0.288 e. The Balaban J connectivity index is 3.00. The van der Waals surface area contributed by atoms with Gasteiger partial charge in [-0.15, -0.1) is 0 Å². The molecule has 0 radical (unpaired) electrons. The smallest absolute Gasteiger partial charge is 0.288 e. The van der Waals surface area contributed by atoms with E-state index in [1.165, 1.54) is 6.07 Å². The van der Waals surface area contributed by atoms with Crippen molar-refractivity contribution in [3.05, 3.63) is 33.9 Å². The number of hydrogen-bond donors (Lipinski definition) is 1. The van der Waals surface area contributed by atoms with Crippen molar-refractivity contribution in [1.29, 1.82) is 0 Å². The first kappa shape index (κ1) is 21.6. The fourth-order valence-electron chi connectivity index (χ4n) is 2.64. The Labute approximate surface area is 152 Å². The van der Waals surface area contributed by atoms with E-state index in [4.69, 9.17) is 0 Å². The third-order valence-corrected chi connectivity index (χ3v) is 4.76. The van der Waals surface area contributed by atoms with Gasteiger partial charge in [-0.05, 0) is 39.8 Å². The molecule has 1 aromatic carbocycles. The summed E-state index contributed by atoms with van der Waals surface area (Å²) in [7, 11) is -3.81. The third-order valence-electron chi connectivity index (χ3n) is 3.62. The highest BCUT2D eigenvalue weighted by Gasteiger charge is 2.25. The number of hydrogen-bond acceptors (Lipinski definition) is 6. The molecule has 0 aliphatic carbocycles. The topological polar surface area (TPSA) is 127 Å². The van der Waals surface area contributed by atoms with E-state index in [2.05, 4.69) is 5.32 Å². The molecule has 0 aliphatic rings. The van der Waals surface area contributed by atoms with Crippen molar-refractivity contribution in [1.82, 2.24) is 10.2 Å². The Hall–Kier alpha value is -2.49. The zero-order valence-electron chi connectivity index (χ0n) is 15.3. The number of nitro benzene ring substituents is 1. The molecule has 144 valence electrons. The fraction of sp³-hybridized carbons (Fsp3) is 0.500. The van der Waals surface area contributed by atoms with Crippen molar-refractivity contribution < 1.29 is 22.9 Å². The molecule has 0 bridgehead atoms. The highest BCUT2D eigenvalue weighted by atomic mass is 32.2. The Morgan fingerprint density at radius 1 is 1.19 bits per heavy atom. The fourth-order valence-corrected chi connectivity index (χ4v) is 3.46. The van der Waals surface area contributed by atoms with Crippen LogP contribution in [0.3, 0.4) is 0 Å². The van der Waals surface area contributed by atoms with Crippen LogP contribution in [0.1, 0.15) is 38.1 Å². The van der Waals surface area contributed by atoms with Crippen LogP contribution in [0, 0.1) is 10.1 Å². The maximum absolute atomic E-state index is 12.2. The minimum absolute atomic E-state index is 0.0467. The van der Waals surface area contributed by atoms with Crippen LogP contribution >= 0.6 is 0 Å². The molecule has 1 N–H and O–H groups in total. The number of carbonyl (C=O) groups is 2. The van der Waals surface area contributed by atoms with Crippen molar-refractivity contribution in [2.75, 3.05) is 12.8 Å². The van der Waals surface area contributed by atoms with Gasteiger partial charge in [-0.3, -0.25) is 19.7 Å². The Bertz CT molecular complexity index is 809. The minimum Gasteiger partial charge on any atom is -0.343 e. The van der Waals surface area contributed by atoms with Gasteiger partial charge in [-0.2, -0.15) is 0 Å². The second kappa shape index (κ2) is 8.26. The van der Waals surface area contributed by atoms with Crippen molar-refractivity contribution in [2.24, 2.45) is 0 Å². The predicted molar refractivity (Wildman–Crippen MR) is 95.7 cm³/mol. The summed E-state index contributed by atoms with van der Waals surface area (Å²) in [5, 5.41) is 13.5. The van der Waals surface area contributed by atoms with Crippen LogP contribution in [0.25, 0.3) is 0 Å². The number of nitro groups is 1. The van der Waals surface area contributed by atoms with Gasteiger partial charge in [0.25, 0.3) is 11.6 Å². The third kappa shape index (κ3) is 5.25. The Morgan fingerprint density at radius 2 is 1.73 bits per heavy atom. The van der Waals surface area contributed by atoms with Gasteiger partial charge in [-0.25, -0.2) is 8.42 Å². The molecule has 0 aromatic heterocycles. The SMILES string of the molecule is CC(C)N(C(=O)CNC(=O)c1ccc(S(C)(=O)=O)c([N+](=O)[O-])c1)C(C)C. The van der Waals surface area contributed by atoms with E-state index in [0.29, 0.717) is 0 Å². The summed E-state index contributed by atoms with van der Waals surface area (Å²) in [6.07, 6.45) is 0.847. The van der Waals surface area contributed by atoms with Crippen LogP contribution in [0.2, 0.25) is 0 Å². The lowest BCUT2D eigenvalue weighted by molar-refractivity contribution is -0.387. The first-order valence-electron chi connectivity index (χ1n) is 7.94. The van der Waals surface area contributed by atoms with Gasteiger partial charge in [0.1, 0.15) is 4.90 Å². The van der Waals surface area contributed by atoms with Gasteiger partial charge in [-0.1, -0.05) is 0 Å². The highest BCUT2D eigenvalue weighted by molar-refractivity contribution is 7.90. The van der Waals surface area contributed by atoms with Gasteiger partial charge in [0, 0.05) is 30.0 Å². The summed E-state index contributed by atoms with van der Waals surface area (Å²) in [5.41, 5.74) is -0.782. The second-order valence-electron chi connectivity index (χ2n) is 6.38. The molecular formula is C16H23N3O6S. The largest absolute Gasteiger partial charge is 0.343 e. The maximum atomic E-state index is 12.2. The average Bonchev–Trinajstić information content (AvgIpc) is 2.50. The number of rotatable bonds is 7. The van der Waals surface area contributed by atoms with Gasteiger partial charge in [0.15, 0.2) is 9.84 Å². The summed E-state index contributed by atoms with van der Waals surface area (Å²) in [6.45, 7) is 7.15. The summed E-state index contributed by atoms with van der Waals surface area (Å²) >= 11 is 0. The normalized spacial score (nSPS) is 11.5.